The number of nitrogens with two attached hydrogens (primary N) is 1. The summed E-state index contributed by atoms with van der Waals surface area (Å²) in [6.07, 6.45) is 1.66. The lowest BCUT2D eigenvalue weighted by Crippen LogP contribution is -1.72. The molecule has 2 aromatic heterocycles. The van der Waals surface area contributed by atoms with Gasteiger partial charge >= 0.3 is 0 Å². The van der Waals surface area contributed by atoms with E-state index in [9.17, 15) is 0 Å². The van der Waals surface area contributed by atoms with Crippen LogP contribution in [0.4, 0.5) is 5.00 Å². The first-order chi connectivity index (χ1) is 5.36. The molecule has 0 aliphatic rings. The summed E-state index contributed by atoms with van der Waals surface area (Å²) in [7, 11) is 0. The monoisotopic (exact) mass is 165 g/mol. The second-order valence-corrected chi connectivity index (χ2v) is 3.29. The van der Waals surface area contributed by atoms with Crippen LogP contribution in [0.1, 0.15) is 0 Å². The molecule has 0 unspecified atom stereocenters. The first-order valence-corrected chi connectivity index (χ1v) is 4.07. The molecule has 2 heterocycles. The van der Waals surface area contributed by atoms with Crippen LogP contribution in [-0.4, -0.2) is 0 Å². The zero-order valence-corrected chi connectivity index (χ0v) is 6.60. The van der Waals surface area contributed by atoms with E-state index in [2.05, 4.69) is 0 Å². The molecule has 0 amide bonds. The highest BCUT2D eigenvalue weighted by atomic mass is 32.1. The van der Waals surface area contributed by atoms with Crippen molar-refractivity contribution in [2.24, 2.45) is 0 Å². The van der Waals surface area contributed by atoms with E-state index in [4.69, 9.17) is 10.2 Å². The summed E-state index contributed by atoms with van der Waals surface area (Å²) >= 11 is 1.53. The van der Waals surface area contributed by atoms with Crippen molar-refractivity contribution in [1.29, 1.82) is 0 Å². The summed E-state index contributed by atoms with van der Waals surface area (Å²) < 4.78 is 5.19. The number of nitrogen functional groups attached to an aromatic ring is 1. The van der Waals surface area contributed by atoms with E-state index in [1.807, 2.05) is 24.3 Å². The minimum Gasteiger partial charge on any atom is -0.464 e. The molecule has 0 saturated heterocycles. The van der Waals surface area contributed by atoms with E-state index in [-0.39, 0.29) is 0 Å². The van der Waals surface area contributed by atoms with Gasteiger partial charge in [0.1, 0.15) is 5.76 Å². The second-order valence-electron chi connectivity index (χ2n) is 2.18. The van der Waals surface area contributed by atoms with Crippen LogP contribution in [0, 0.1) is 0 Å². The Kier molecular flexibility index (Phi) is 1.43. The Labute approximate surface area is 68.3 Å². The average Bonchev–Trinajstić information content (AvgIpc) is 2.55. The molecule has 0 aliphatic carbocycles. The van der Waals surface area contributed by atoms with Crippen molar-refractivity contribution in [3.63, 3.8) is 0 Å². The van der Waals surface area contributed by atoms with Crippen molar-refractivity contribution in [3.8, 4) is 10.6 Å². The van der Waals surface area contributed by atoms with Gasteiger partial charge in [0.15, 0.2) is 0 Å². The minimum atomic E-state index is 0.816. The fraction of sp³-hybridized carbons (Fsp3) is 0. The Morgan fingerprint density at radius 3 is 2.73 bits per heavy atom. The van der Waals surface area contributed by atoms with Crippen LogP contribution in [0.2, 0.25) is 0 Å². The molecule has 0 atom stereocenters. The third-order valence-corrected chi connectivity index (χ3v) is 2.32. The van der Waals surface area contributed by atoms with Crippen LogP contribution in [0.15, 0.2) is 34.9 Å². The lowest BCUT2D eigenvalue weighted by molar-refractivity contribution is 0.584. The molecule has 2 nitrogen and oxygen atoms in total. The summed E-state index contributed by atoms with van der Waals surface area (Å²) in [5, 5.41) is 0.816. The van der Waals surface area contributed by atoms with Crippen molar-refractivity contribution < 1.29 is 4.42 Å². The summed E-state index contributed by atoms with van der Waals surface area (Å²) in [6, 6.07) is 7.62. The van der Waals surface area contributed by atoms with Crippen LogP contribution < -0.4 is 5.73 Å². The Morgan fingerprint density at radius 2 is 2.18 bits per heavy atom. The van der Waals surface area contributed by atoms with Gasteiger partial charge in [0.05, 0.1) is 16.1 Å². The van der Waals surface area contributed by atoms with E-state index < -0.39 is 0 Å². The predicted molar refractivity (Wildman–Crippen MR) is 46.4 cm³/mol. The molecule has 56 valence electrons. The Hall–Kier alpha value is -1.22. The Bertz CT molecular complexity index is 337. The number of hydrogen-bond acceptors (Lipinski definition) is 3. The summed E-state index contributed by atoms with van der Waals surface area (Å²) in [5.41, 5.74) is 5.56. The molecule has 11 heavy (non-hydrogen) atoms. The molecule has 0 saturated carbocycles. The minimum absolute atomic E-state index is 0.816. The van der Waals surface area contributed by atoms with Gasteiger partial charge < -0.3 is 10.2 Å². The van der Waals surface area contributed by atoms with Gasteiger partial charge in [-0.3, -0.25) is 0 Å². The zero-order valence-electron chi connectivity index (χ0n) is 5.78. The predicted octanol–water partition coefficient (Wildman–Crippen LogP) is 2.59. The standard InChI is InChI=1S/C8H7NOS/c9-8-4-3-7(11-8)6-2-1-5-10-6/h1-5H,9H2. The van der Waals surface area contributed by atoms with E-state index in [1.54, 1.807) is 6.26 Å². The highest BCUT2D eigenvalue weighted by Crippen LogP contribution is 2.29. The molecule has 2 rings (SSSR count). The maximum atomic E-state index is 5.56. The van der Waals surface area contributed by atoms with Gasteiger partial charge in [0.2, 0.25) is 0 Å². The van der Waals surface area contributed by atoms with Crippen molar-refractivity contribution in [2.75, 3.05) is 5.73 Å². The quantitative estimate of drug-likeness (QED) is 0.705. The maximum Gasteiger partial charge on any atom is 0.143 e. The molecule has 0 aromatic carbocycles. The van der Waals surface area contributed by atoms with Gasteiger partial charge in [-0.15, -0.1) is 11.3 Å². The Balaban J connectivity index is 2.45. The number of furan rings is 1. The van der Waals surface area contributed by atoms with E-state index in [0.717, 1.165) is 15.6 Å². The van der Waals surface area contributed by atoms with Crippen LogP contribution in [0.5, 0.6) is 0 Å². The summed E-state index contributed by atoms with van der Waals surface area (Å²) in [5.74, 6) is 0.881. The topological polar surface area (TPSA) is 39.2 Å². The lowest BCUT2D eigenvalue weighted by atomic mass is 10.4. The van der Waals surface area contributed by atoms with Gasteiger partial charge in [-0.05, 0) is 24.3 Å². The van der Waals surface area contributed by atoms with Gasteiger partial charge in [-0.25, -0.2) is 0 Å². The van der Waals surface area contributed by atoms with Crippen LogP contribution in [0.3, 0.4) is 0 Å². The van der Waals surface area contributed by atoms with Crippen LogP contribution in [0.25, 0.3) is 10.6 Å². The normalized spacial score (nSPS) is 10.2. The van der Waals surface area contributed by atoms with Gasteiger partial charge in [0, 0.05) is 0 Å². The fourth-order valence-electron chi connectivity index (χ4n) is 0.904. The molecule has 3 heteroatoms. The molecule has 2 aromatic rings. The fourth-order valence-corrected chi connectivity index (χ4v) is 1.65. The summed E-state index contributed by atoms with van der Waals surface area (Å²) in [4.78, 5) is 1.08. The largest absolute Gasteiger partial charge is 0.464 e. The molecule has 0 aliphatic heterocycles. The van der Waals surface area contributed by atoms with Crippen LogP contribution >= 0.6 is 11.3 Å². The van der Waals surface area contributed by atoms with Crippen LogP contribution in [-0.2, 0) is 0 Å². The Morgan fingerprint density at radius 1 is 1.27 bits per heavy atom. The molecule has 0 bridgehead atoms. The average molecular weight is 165 g/mol. The number of rotatable bonds is 1. The number of anilines is 1. The third-order valence-electron chi connectivity index (χ3n) is 1.39. The summed E-state index contributed by atoms with van der Waals surface area (Å²) in [6.45, 7) is 0. The number of thiophene rings is 1. The highest BCUT2D eigenvalue weighted by Gasteiger charge is 2.01. The molecule has 0 fully saturated rings. The van der Waals surface area contributed by atoms with E-state index in [1.165, 1.54) is 11.3 Å². The molecular weight excluding hydrogens is 158 g/mol. The number of hydrogen-bond donors (Lipinski definition) is 1. The van der Waals surface area contributed by atoms with Gasteiger partial charge in [-0.2, -0.15) is 0 Å². The van der Waals surface area contributed by atoms with Gasteiger partial charge in [-0.1, -0.05) is 0 Å². The smallest absolute Gasteiger partial charge is 0.143 e. The molecule has 0 spiro atoms. The molecular formula is C8H7NOS. The molecule has 2 N–H and O–H groups in total. The maximum absolute atomic E-state index is 5.56. The lowest BCUT2D eigenvalue weighted by Gasteiger charge is -1.85. The second kappa shape index (κ2) is 2.43. The van der Waals surface area contributed by atoms with Crippen molar-refractivity contribution >= 4 is 16.3 Å². The zero-order chi connectivity index (χ0) is 7.68. The van der Waals surface area contributed by atoms with E-state index >= 15 is 0 Å². The van der Waals surface area contributed by atoms with Crippen molar-refractivity contribution in [3.05, 3.63) is 30.5 Å². The van der Waals surface area contributed by atoms with Crippen molar-refractivity contribution in [1.82, 2.24) is 0 Å². The highest BCUT2D eigenvalue weighted by molar-refractivity contribution is 7.19. The van der Waals surface area contributed by atoms with Crippen molar-refractivity contribution in [2.45, 2.75) is 0 Å². The van der Waals surface area contributed by atoms with Gasteiger partial charge in [0.25, 0.3) is 0 Å². The molecule has 0 radical (unpaired) electrons. The first kappa shape index (κ1) is 6.49. The first-order valence-electron chi connectivity index (χ1n) is 3.25. The SMILES string of the molecule is Nc1ccc(-c2ccco2)s1. The van der Waals surface area contributed by atoms with E-state index in [0.29, 0.717) is 0 Å². The third kappa shape index (κ3) is 1.14.